The predicted molar refractivity (Wildman–Crippen MR) is 201 cm³/mol. The predicted octanol–water partition coefficient (Wildman–Crippen LogP) is 0.624. The van der Waals surface area contributed by atoms with Gasteiger partial charge in [-0.2, -0.15) is 0 Å². The third-order valence-corrected chi connectivity index (χ3v) is 7.92. The molecule has 15 nitrogen and oxygen atoms in total. The molecule has 0 fully saturated rings. The van der Waals surface area contributed by atoms with Crippen molar-refractivity contribution in [2.75, 3.05) is 26.2 Å². The largest absolute Gasteiger partial charge is 0.460 e. The molecule has 6 amide bonds. The summed E-state index contributed by atoms with van der Waals surface area (Å²) in [7, 11) is 0. The number of esters is 1. The quantitative estimate of drug-likeness (QED) is 0.0988. The molecule has 0 saturated carbocycles. The number of amides is 6. The van der Waals surface area contributed by atoms with Crippen molar-refractivity contribution in [1.29, 1.82) is 0 Å². The van der Waals surface area contributed by atoms with Crippen LogP contribution in [0.25, 0.3) is 11.1 Å². The summed E-state index contributed by atoms with van der Waals surface area (Å²) < 4.78 is 10.8. The Labute approximate surface area is 319 Å². The Kier molecular flexibility index (Phi) is 15.8. The van der Waals surface area contributed by atoms with Crippen molar-refractivity contribution >= 4 is 41.6 Å². The van der Waals surface area contributed by atoms with Crippen LogP contribution in [0.3, 0.4) is 0 Å². The van der Waals surface area contributed by atoms with Gasteiger partial charge in [-0.25, -0.2) is 4.79 Å². The number of carbonyl (C=O) groups is 7. The van der Waals surface area contributed by atoms with Crippen LogP contribution in [0, 0.1) is 37.0 Å². The van der Waals surface area contributed by atoms with Crippen molar-refractivity contribution in [3.05, 3.63) is 59.7 Å². The van der Waals surface area contributed by atoms with Crippen LogP contribution >= 0.6 is 0 Å². The van der Waals surface area contributed by atoms with Crippen molar-refractivity contribution in [2.45, 2.75) is 69.7 Å². The minimum absolute atomic E-state index is 0.0764. The Morgan fingerprint density at radius 2 is 1.04 bits per heavy atom. The molecule has 0 aliphatic heterocycles. The fraction of sp³-hybridized carbons (Fsp3) is 0.375. The average Bonchev–Trinajstić information content (AvgIpc) is 3.45. The van der Waals surface area contributed by atoms with E-state index in [0.29, 0.717) is 0 Å². The molecular formula is C40H44N6O9. The highest BCUT2D eigenvalue weighted by molar-refractivity contribution is 5.96. The van der Waals surface area contributed by atoms with E-state index in [1.54, 1.807) is 20.8 Å². The van der Waals surface area contributed by atoms with Gasteiger partial charge in [0.2, 0.25) is 29.5 Å². The molecule has 3 rings (SSSR count). The van der Waals surface area contributed by atoms with Gasteiger partial charge in [-0.15, -0.1) is 19.3 Å². The molecule has 0 spiro atoms. The standard InChI is InChI=1S/C40H44N6O9/c1-7-18-41-36(50)30(21-33(47)45-32(38(52)43-20-9-3)23-35(49)55-40(4,5)6)44-34(48)22-31(37(51)42-19-8-2)46-39(53)54-24-29-27-16-12-10-14-25(27)26-15-11-13-17-28(26)29/h1-3,10-17,29-32H,18-24H2,4-6H3,(H,41,50)(H,42,51)(H,43,52)(H,44,48)(H,45,47)(H,46,53)/t30-,31-,32-/m0/s1. The molecule has 1 aliphatic carbocycles. The molecule has 15 heteroatoms. The van der Waals surface area contributed by atoms with Crippen LogP contribution in [0.1, 0.15) is 57.1 Å². The van der Waals surface area contributed by atoms with E-state index in [0.717, 1.165) is 22.3 Å². The molecular weight excluding hydrogens is 708 g/mol. The Hall–Kier alpha value is -6.79. The maximum absolute atomic E-state index is 13.3. The Morgan fingerprint density at radius 1 is 0.636 bits per heavy atom. The molecule has 0 bridgehead atoms. The lowest BCUT2D eigenvalue weighted by Gasteiger charge is -2.24. The summed E-state index contributed by atoms with van der Waals surface area (Å²) in [6.45, 7) is 4.10. The number of carbonyl (C=O) groups excluding carboxylic acids is 7. The lowest BCUT2D eigenvalue weighted by molar-refractivity contribution is -0.156. The Morgan fingerprint density at radius 3 is 1.45 bits per heavy atom. The van der Waals surface area contributed by atoms with Crippen LogP contribution in [-0.4, -0.2) is 91.6 Å². The van der Waals surface area contributed by atoms with E-state index < -0.39 is 84.6 Å². The first-order valence-corrected chi connectivity index (χ1v) is 17.2. The number of fused-ring (bicyclic) bond motifs is 3. The molecule has 2 aromatic rings. The fourth-order valence-corrected chi connectivity index (χ4v) is 5.62. The first-order valence-electron chi connectivity index (χ1n) is 17.2. The second-order valence-electron chi connectivity index (χ2n) is 13.2. The van der Waals surface area contributed by atoms with Gasteiger partial charge in [0.25, 0.3) is 0 Å². The van der Waals surface area contributed by atoms with Gasteiger partial charge < -0.3 is 41.4 Å². The highest BCUT2D eigenvalue weighted by Crippen LogP contribution is 2.44. The summed E-state index contributed by atoms with van der Waals surface area (Å²) in [5.74, 6) is 1.20. The lowest BCUT2D eigenvalue weighted by atomic mass is 9.98. The smallest absolute Gasteiger partial charge is 0.407 e. The van der Waals surface area contributed by atoms with E-state index in [9.17, 15) is 33.6 Å². The SMILES string of the molecule is C#CCNC(=O)[C@H](CC(=O)N[C@@H](CC(=O)OC(C)(C)C)C(=O)NCC#C)NC(=O)C[C@H](NC(=O)OCC1c2ccccc2-c2ccccc21)C(=O)NCC#C. The van der Waals surface area contributed by atoms with Gasteiger partial charge >= 0.3 is 12.1 Å². The first-order chi connectivity index (χ1) is 26.2. The molecule has 0 radical (unpaired) electrons. The second kappa shape index (κ2) is 20.5. The summed E-state index contributed by atoms with van der Waals surface area (Å²) in [5, 5.41) is 14.3. The summed E-state index contributed by atoms with van der Waals surface area (Å²) in [6.07, 6.45) is 12.7. The topological polar surface area (TPSA) is 210 Å². The number of benzene rings is 2. The highest BCUT2D eigenvalue weighted by Gasteiger charge is 2.33. The fourth-order valence-electron chi connectivity index (χ4n) is 5.62. The summed E-state index contributed by atoms with van der Waals surface area (Å²) in [4.78, 5) is 90.9. The van der Waals surface area contributed by atoms with Crippen LogP contribution in [0.5, 0.6) is 0 Å². The van der Waals surface area contributed by atoms with Crippen LogP contribution in [0.15, 0.2) is 48.5 Å². The zero-order valence-electron chi connectivity index (χ0n) is 30.8. The summed E-state index contributed by atoms with van der Waals surface area (Å²) in [5.41, 5.74) is 3.05. The molecule has 2 aromatic carbocycles. The first kappa shape index (κ1) is 42.6. The van der Waals surface area contributed by atoms with Gasteiger partial charge in [-0.05, 0) is 43.0 Å². The van der Waals surface area contributed by atoms with Crippen LogP contribution in [-0.2, 0) is 38.2 Å². The summed E-state index contributed by atoms with van der Waals surface area (Å²) >= 11 is 0. The number of alkyl carbamates (subject to hydrolysis) is 1. The Bertz CT molecular complexity index is 1850. The lowest BCUT2D eigenvalue weighted by Crippen LogP contribution is -2.54. The van der Waals surface area contributed by atoms with Crippen LogP contribution < -0.4 is 31.9 Å². The van der Waals surface area contributed by atoms with Crippen molar-refractivity contribution in [2.24, 2.45) is 0 Å². The van der Waals surface area contributed by atoms with Crippen molar-refractivity contribution in [1.82, 2.24) is 31.9 Å². The summed E-state index contributed by atoms with van der Waals surface area (Å²) in [6, 6.07) is 10.9. The van der Waals surface area contributed by atoms with Crippen molar-refractivity contribution in [3.63, 3.8) is 0 Å². The minimum Gasteiger partial charge on any atom is -0.460 e. The van der Waals surface area contributed by atoms with Crippen molar-refractivity contribution < 1.29 is 43.0 Å². The number of terminal acetylenes is 3. The zero-order chi connectivity index (χ0) is 40.5. The molecule has 0 saturated heterocycles. The second-order valence-corrected chi connectivity index (χ2v) is 13.2. The Balaban J connectivity index is 1.72. The molecule has 1 aliphatic rings. The van der Waals surface area contributed by atoms with E-state index in [-0.39, 0.29) is 32.2 Å². The van der Waals surface area contributed by atoms with E-state index in [1.165, 1.54) is 0 Å². The van der Waals surface area contributed by atoms with Gasteiger partial charge in [-0.1, -0.05) is 66.3 Å². The third-order valence-electron chi connectivity index (χ3n) is 7.92. The number of hydrogen-bond acceptors (Lipinski definition) is 9. The van der Waals surface area contributed by atoms with E-state index in [1.807, 2.05) is 48.5 Å². The van der Waals surface area contributed by atoms with Gasteiger partial charge in [-0.3, -0.25) is 28.8 Å². The number of rotatable bonds is 17. The zero-order valence-corrected chi connectivity index (χ0v) is 30.8. The monoisotopic (exact) mass is 752 g/mol. The van der Waals surface area contributed by atoms with Gasteiger partial charge in [0, 0.05) is 5.92 Å². The molecule has 0 unspecified atom stereocenters. The van der Waals surface area contributed by atoms with Crippen LogP contribution in [0.2, 0.25) is 0 Å². The van der Waals surface area contributed by atoms with Crippen molar-refractivity contribution in [3.8, 4) is 48.2 Å². The molecule has 6 N–H and O–H groups in total. The maximum atomic E-state index is 13.3. The number of ether oxygens (including phenoxy) is 2. The molecule has 0 aromatic heterocycles. The maximum Gasteiger partial charge on any atom is 0.407 e. The average molecular weight is 753 g/mol. The minimum atomic E-state index is -1.58. The van der Waals surface area contributed by atoms with Gasteiger partial charge in [0.1, 0.15) is 30.3 Å². The van der Waals surface area contributed by atoms with Gasteiger partial charge in [0.05, 0.1) is 38.9 Å². The number of hydrogen-bond donors (Lipinski definition) is 6. The van der Waals surface area contributed by atoms with E-state index in [4.69, 9.17) is 28.7 Å². The van der Waals surface area contributed by atoms with Crippen LogP contribution in [0.4, 0.5) is 4.79 Å². The third kappa shape index (κ3) is 13.3. The molecule has 288 valence electrons. The van der Waals surface area contributed by atoms with E-state index >= 15 is 0 Å². The highest BCUT2D eigenvalue weighted by atomic mass is 16.6. The van der Waals surface area contributed by atoms with Gasteiger partial charge in [0.15, 0.2) is 0 Å². The molecule has 3 atom stereocenters. The molecule has 0 heterocycles. The normalized spacial score (nSPS) is 12.9. The number of nitrogens with one attached hydrogen (secondary N) is 6. The molecule has 55 heavy (non-hydrogen) atoms. The van der Waals surface area contributed by atoms with E-state index in [2.05, 4.69) is 49.7 Å².